The summed E-state index contributed by atoms with van der Waals surface area (Å²) in [6, 6.07) is 5.38. The summed E-state index contributed by atoms with van der Waals surface area (Å²) in [6.45, 7) is 3.25. The van der Waals surface area contributed by atoms with Gasteiger partial charge >= 0.3 is 6.18 Å². The summed E-state index contributed by atoms with van der Waals surface area (Å²) in [4.78, 5) is 27.6. The van der Waals surface area contributed by atoms with Gasteiger partial charge in [0, 0.05) is 12.1 Å². The Morgan fingerprint density at radius 1 is 1.39 bits per heavy atom. The van der Waals surface area contributed by atoms with E-state index in [1.54, 1.807) is 19.9 Å². The predicted octanol–water partition coefficient (Wildman–Crippen LogP) is 3.94. The first kappa shape index (κ1) is 25.6. The minimum Gasteiger partial charge on any atom is -0.449 e. The molecule has 0 amide bonds. The molecule has 1 N–H and O–H groups in total. The van der Waals surface area contributed by atoms with E-state index in [0.29, 0.717) is 18.2 Å². The molecule has 0 aliphatic carbocycles. The summed E-state index contributed by atoms with van der Waals surface area (Å²) in [5, 5.41) is 13.1. The molecule has 1 aromatic carbocycles. The third-order valence-electron chi connectivity index (χ3n) is 4.21. The van der Waals surface area contributed by atoms with E-state index in [2.05, 4.69) is 15.5 Å². The fourth-order valence-electron chi connectivity index (χ4n) is 2.64. The normalized spacial score (nSPS) is 12.5. The average molecular weight is 482 g/mol. The van der Waals surface area contributed by atoms with Crippen molar-refractivity contribution >= 4 is 23.6 Å². The van der Waals surface area contributed by atoms with E-state index in [0.717, 1.165) is 16.7 Å². The molecule has 0 saturated carbocycles. The molecule has 0 spiro atoms. The summed E-state index contributed by atoms with van der Waals surface area (Å²) in [5.74, 6) is -1.49. The molecule has 2 aromatic rings. The number of aromatic nitrogens is 2. The van der Waals surface area contributed by atoms with Crippen LogP contribution in [0.3, 0.4) is 0 Å². The lowest BCUT2D eigenvalue weighted by atomic mass is 10.0. The first-order valence-electron chi connectivity index (χ1n) is 9.45. The summed E-state index contributed by atoms with van der Waals surface area (Å²) in [7, 11) is 1.48. The van der Waals surface area contributed by atoms with Crippen molar-refractivity contribution in [3.63, 3.8) is 0 Å². The van der Waals surface area contributed by atoms with E-state index in [4.69, 9.17) is 21.6 Å². The summed E-state index contributed by atoms with van der Waals surface area (Å²) >= 11 is 5.88. The maximum absolute atomic E-state index is 13.5. The van der Waals surface area contributed by atoms with Crippen molar-refractivity contribution in [2.75, 3.05) is 7.05 Å². The minimum absolute atomic E-state index is 0.0268. The van der Waals surface area contributed by atoms with Gasteiger partial charge in [0.15, 0.2) is 5.69 Å². The summed E-state index contributed by atoms with van der Waals surface area (Å²) < 4.78 is 46.7. The second kappa shape index (κ2) is 10.8. The van der Waals surface area contributed by atoms with Gasteiger partial charge in [-0.15, -0.1) is 0 Å². The third-order valence-corrected chi connectivity index (χ3v) is 4.43. The standard InChI is InChI=1S/C21H19ClF3N5O3/c1-12(2)14(10-31)6-16(29-27-3)9-30-11-28-19(21(23,24)25)18(20(30)32)33-17-5-13(8-26)4-15(22)7-17/h4-7,10-12,27H,9H2,1-3H3/b14-6+,29-16+. The van der Waals surface area contributed by atoms with Crippen LogP contribution in [0.15, 0.2) is 46.1 Å². The molecule has 1 heterocycles. The molecule has 0 aliphatic heterocycles. The molecule has 0 bridgehead atoms. The largest absolute Gasteiger partial charge is 0.449 e. The van der Waals surface area contributed by atoms with Crippen LogP contribution in [0.1, 0.15) is 25.1 Å². The van der Waals surface area contributed by atoms with Crippen LogP contribution in [0.2, 0.25) is 5.02 Å². The van der Waals surface area contributed by atoms with Gasteiger partial charge in [-0.05, 0) is 35.8 Å². The van der Waals surface area contributed by atoms with Crippen LogP contribution in [-0.4, -0.2) is 28.6 Å². The number of hydrogen-bond acceptors (Lipinski definition) is 7. The highest BCUT2D eigenvalue weighted by molar-refractivity contribution is 6.30. The molecule has 33 heavy (non-hydrogen) atoms. The molecule has 0 atom stereocenters. The van der Waals surface area contributed by atoms with Crippen molar-refractivity contribution in [3.8, 4) is 17.6 Å². The number of benzene rings is 1. The Kier molecular flexibility index (Phi) is 8.37. The average Bonchev–Trinajstić information content (AvgIpc) is 2.73. The summed E-state index contributed by atoms with van der Waals surface area (Å²) in [6.07, 6.45) is -2.22. The molecule has 0 fully saturated rings. The van der Waals surface area contributed by atoms with E-state index in [1.165, 1.54) is 19.2 Å². The molecular weight excluding hydrogens is 463 g/mol. The van der Waals surface area contributed by atoms with E-state index in [-0.39, 0.29) is 34.5 Å². The number of carbonyl (C=O) groups is 1. The van der Waals surface area contributed by atoms with Crippen LogP contribution in [0.25, 0.3) is 0 Å². The van der Waals surface area contributed by atoms with Gasteiger partial charge in [-0.2, -0.15) is 23.5 Å². The highest BCUT2D eigenvalue weighted by Crippen LogP contribution is 2.35. The first-order chi connectivity index (χ1) is 15.5. The third kappa shape index (κ3) is 6.66. The molecule has 12 heteroatoms. The van der Waals surface area contributed by atoms with Crippen molar-refractivity contribution in [1.29, 1.82) is 5.26 Å². The van der Waals surface area contributed by atoms with E-state index >= 15 is 0 Å². The van der Waals surface area contributed by atoms with Crippen molar-refractivity contribution in [3.05, 3.63) is 62.8 Å². The number of nitrogens with zero attached hydrogens (tertiary/aromatic N) is 4. The predicted molar refractivity (Wildman–Crippen MR) is 115 cm³/mol. The molecule has 0 radical (unpaired) electrons. The molecule has 0 aliphatic rings. The van der Waals surface area contributed by atoms with Crippen molar-refractivity contribution in [2.24, 2.45) is 11.0 Å². The second-order valence-electron chi connectivity index (χ2n) is 6.99. The topological polar surface area (TPSA) is 109 Å². The van der Waals surface area contributed by atoms with Gasteiger partial charge in [0.2, 0.25) is 5.75 Å². The molecule has 8 nitrogen and oxygen atoms in total. The van der Waals surface area contributed by atoms with Crippen LogP contribution in [0, 0.1) is 17.2 Å². The number of hydrazone groups is 1. The van der Waals surface area contributed by atoms with Gasteiger partial charge in [0.1, 0.15) is 12.0 Å². The SMILES string of the molecule is CN/N=C(\C=C(/C=O)C(C)C)Cn1cnc(C(F)(F)F)c(Oc2cc(Cl)cc(C#N)c2)c1=O. The van der Waals surface area contributed by atoms with Crippen molar-refractivity contribution < 1.29 is 22.7 Å². The number of nitrogens with one attached hydrogen (secondary N) is 1. The van der Waals surface area contributed by atoms with E-state index in [1.807, 2.05) is 0 Å². The molecular formula is C21H19ClF3N5O3. The smallest absolute Gasteiger partial charge is 0.437 e. The maximum atomic E-state index is 13.5. The molecule has 2 rings (SSSR count). The summed E-state index contributed by atoms with van der Waals surface area (Å²) in [5.41, 5.74) is 0.421. The first-order valence-corrected chi connectivity index (χ1v) is 9.83. The molecule has 1 aromatic heterocycles. The zero-order valence-corrected chi connectivity index (χ0v) is 18.5. The van der Waals surface area contributed by atoms with Crippen molar-refractivity contribution in [2.45, 2.75) is 26.6 Å². The highest BCUT2D eigenvalue weighted by Gasteiger charge is 2.38. The van der Waals surface area contributed by atoms with Gasteiger partial charge in [0.05, 0.1) is 30.2 Å². The number of halogens is 4. The Labute approximate surface area is 192 Å². The number of aldehydes is 1. The zero-order chi connectivity index (χ0) is 24.8. The number of nitriles is 1. The number of hydrogen-bond donors (Lipinski definition) is 1. The zero-order valence-electron chi connectivity index (χ0n) is 17.8. The Morgan fingerprint density at radius 2 is 2.09 bits per heavy atom. The van der Waals surface area contributed by atoms with Gasteiger partial charge in [-0.3, -0.25) is 14.2 Å². The maximum Gasteiger partial charge on any atom is 0.437 e. The van der Waals surface area contributed by atoms with Crippen LogP contribution in [-0.2, 0) is 17.5 Å². The van der Waals surface area contributed by atoms with Crippen LogP contribution < -0.4 is 15.7 Å². The Hall–Kier alpha value is -3.65. The number of rotatable bonds is 8. The lowest BCUT2D eigenvalue weighted by Gasteiger charge is -2.15. The Balaban J connectivity index is 2.60. The fourth-order valence-corrected chi connectivity index (χ4v) is 2.87. The lowest BCUT2D eigenvalue weighted by Crippen LogP contribution is -2.29. The van der Waals surface area contributed by atoms with E-state index in [9.17, 15) is 22.8 Å². The number of ether oxygens (including phenoxy) is 1. The van der Waals surface area contributed by atoms with Gasteiger partial charge in [-0.25, -0.2) is 4.98 Å². The monoisotopic (exact) mass is 481 g/mol. The van der Waals surface area contributed by atoms with Crippen molar-refractivity contribution in [1.82, 2.24) is 15.0 Å². The van der Waals surface area contributed by atoms with Gasteiger partial charge in [-0.1, -0.05) is 25.4 Å². The number of allylic oxidation sites excluding steroid dienone is 2. The molecule has 0 saturated heterocycles. The van der Waals surface area contributed by atoms with Crippen LogP contribution >= 0.6 is 11.6 Å². The lowest BCUT2D eigenvalue weighted by molar-refractivity contribution is -0.142. The highest BCUT2D eigenvalue weighted by atomic mass is 35.5. The second-order valence-corrected chi connectivity index (χ2v) is 7.42. The quantitative estimate of drug-likeness (QED) is 0.265. The Morgan fingerprint density at radius 3 is 2.64 bits per heavy atom. The Bertz CT molecular complexity index is 1200. The number of alkyl halides is 3. The number of carbonyl (C=O) groups excluding carboxylic acids is 1. The van der Waals surface area contributed by atoms with Gasteiger partial charge in [0.25, 0.3) is 5.56 Å². The molecule has 174 valence electrons. The molecule has 0 unspecified atom stereocenters. The van der Waals surface area contributed by atoms with Crippen LogP contribution in [0.5, 0.6) is 11.5 Å². The minimum atomic E-state index is -4.99. The van der Waals surface area contributed by atoms with Crippen LogP contribution in [0.4, 0.5) is 13.2 Å². The fraction of sp³-hybridized carbons (Fsp3) is 0.286. The van der Waals surface area contributed by atoms with Gasteiger partial charge < -0.3 is 10.2 Å². The van der Waals surface area contributed by atoms with E-state index < -0.39 is 23.2 Å².